The van der Waals surface area contributed by atoms with E-state index < -0.39 is 17.2 Å². The summed E-state index contributed by atoms with van der Waals surface area (Å²) in [5, 5.41) is 21.3. The van der Waals surface area contributed by atoms with Crippen LogP contribution >= 0.6 is 34.5 Å². The third-order valence-corrected chi connectivity index (χ3v) is 6.03. The number of halogens is 2. The van der Waals surface area contributed by atoms with Crippen LogP contribution in [0.15, 0.2) is 35.6 Å². The van der Waals surface area contributed by atoms with Gasteiger partial charge in [-0.1, -0.05) is 35.3 Å². The maximum absolute atomic E-state index is 13.2. The van der Waals surface area contributed by atoms with Crippen LogP contribution in [0.25, 0.3) is 10.1 Å². The molecule has 0 bridgehead atoms. The van der Waals surface area contributed by atoms with Crippen LogP contribution in [-0.2, 0) is 6.54 Å². The molecule has 0 aliphatic rings. The normalized spacial score (nSPS) is 10.7. The van der Waals surface area contributed by atoms with Crippen molar-refractivity contribution in [1.29, 1.82) is 5.26 Å². The highest BCUT2D eigenvalue weighted by molar-refractivity contribution is 7.21. The number of benzene rings is 1. The van der Waals surface area contributed by atoms with Crippen molar-refractivity contribution in [2.75, 3.05) is 0 Å². The lowest BCUT2D eigenvalue weighted by atomic mass is 10.0. The predicted molar refractivity (Wildman–Crippen MR) is 107 cm³/mol. The van der Waals surface area contributed by atoms with Gasteiger partial charge in [-0.15, -0.1) is 17.9 Å². The van der Waals surface area contributed by atoms with Crippen LogP contribution < -0.4 is 5.56 Å². The highest BCUT2D eigenvalue weighted by Crippen LogP contribution is 2.39. The Balaban J connectivity index is 2.31. The van der Waals surface area contributed by atoms with Gasteiger partial charge in [0.25, 0.3) is 5.56 Å². The first-order chi connectivity index (χ1) is 12.8. The largest absolute Gasteiger partial charge is 0.494 e. The van der Waals surface area contributed by atoms with Crippen LogP contribution in [0.5, 0.6) is 5.88 Å². The fraction of sp³-hybridized carbons (Fsp3) is 0.105. The average molecular weight is 419 g/mol. The van der Waals surface area contributed by atoms with Crippen LogP contribution in [0.3, 0.4) is 0 Å². The molecule has 136 valence electrons. The summed E-state index contributed by atoms with van der Waals surface area (Å²) in [5.74, 6) is -1.09. The third-order valence-electron chi connectivity index (χ3n) is 4.14. The van der Waals surface area contributed by atoms with Crippen molar-refractivity contribution in [3.8, 4) is 11.9 Å². The number of allylic oxidation sites excluding steroid dienone is 1. The Kier molecular flexibility index (Phi) is 5.11. The number of nitriles is 1. The molecular formula is C19H12Cl2N2O3S. The van der Waals surface area contributed by atoms with Crippen molar-refractivity contribution in [2.45, 2.75) is 13.5 Å². The molecular weight excluding hydrogens is 407 g/mol. The van der Waals surface area contributed by atoms with Crippen molar-refractivity contribution in [3.63, 3.8) is 0 Å². The summed E-state index contributed by atoms with van der Waals surface area (Å²) in [4.78, 5) is 25.7. The molecule has 0 unspecified atom stereocenters. The topological polar surface area (TPSA) is 83.1 Å². The lowest BCUT2D eigenvalue weighted by Crippen LogP contribution is -2.26. The van der Waals surface area contributed by atoms with Gasteiger partial charge in [-0.05, 0) is 24.6 Å². The molecule has 0 spiro atoms. The number of hydrogen-bond acceptors (Lipinski definition) is 5. The average Bonchev–Trinajstić information content (AvgIpc) is 2.95. The number of carbonyl (C=O) groups excluding carboxylic acids is 1. The van der Waals surface area contributed by atoms with Crippen molar-refractivity contribution in [2.24, 2.45) is 0 Å². The van der Waals surface area contributed by atoms with E-state index in [-0.39, 0.29) is 33.1 Å². The van der Waals surface area contributed by atoms with Gasteiger partial charge in [0, 0.05) is 21.7 Å². The van der Waals surface area contributed by atoms with Gasteiger partial charge in [0.1, 0.15) is 11.6 Å². The van der Waals surface area contributed by atoms with E-state index in [4.69, 9.17) is 23.2 Å². The van der Waals surface area contributed by atoms with E-state index in [0.717, 1.165) is 15.9 Å². The molecule has 0 saturated carbocycles. The molecule has 0 radical (unpaired) electrons. The molecule has 3 rings (SSSR count). The molecule has 1 aromatic carbocycles. The fourth-order valence-corrected chi connectivity index (χ4v) is 4.56. The molecule has 2 heterocycles. The number of ketones is 1. The van der Waals surface area contributed by atoms with Gasteiger partial charge in [0.2, 0.25) is 11.7 Å². The molecule has 0 amide bonds. The Bertz CT molecular complexity index is 1220. The molecule has 2 aromatic heterocycles. The van der Waals surface area contributed by atoms with Crippen molar-refractivity contribution < 1.29 is 9.90 Å². The highest BCUT2D eigenvalue weighted by atomic mass is 35.5. The summed E-state index contributed by atoms with van der Waals surface area (Å²) in [7, 11) is 0. The van der Waals surface area contributed by atoms with Crippen LogP contribution in [0.2, 0.25) is 10.0 Å². The van der Waals surface area contributed by atoms with E-state index in [2.05, 4.69) is 6.58 Å². The quantitative estimate of drug-likeness (QED) is 0.492. The summed E-state index contributed by atoms with van der Waals surface area (Å²) in [6.45, 7) is 4.93. The third kappa shape index (κ3) is 3.04. The number of aromatic nitrogens is 1. The summed E-state index contributed by atoms with van der Waals surface area (Å²) < 4.78 is 1.65. The minimum atomic E-state index is -0.682. The number of pyridine rings is 1. The maximum Gasteiger partial charge on any atom is 0.271 e. The lowest BCUT2D eigenvalue weighted by molar-refractivity contribution is 0.103. The zero-order chi connectivity index (χ0) is 19.9. The number of carbonyl (C=O) groups is 1. The van der Waals surface area contributed by atoms with Gasteiger partial charge in [-0.2, -0.15) is 5.26 Å². The number of thiophene rings is 1. The lowest BCUT2D eigenvalue weighted by Gasteiger charge is -2.14. The number of aromatic hydroxyl groups is 1. The first kappa shape index (κ1) is 19.2. The predicted octanol–water partition coefficient (Wildman–Crippen LogP) is 4.67. The van der Waals surface area contributed by atoms with E-state index in [1.807, 2.05) is 0 Å². The second-order valence-electron chi connectivity index (χ2n) is 5.73. The molecule has 0 aliphatic heterocycles. The SMILES string of the molecule is C=CCn1c(O)c(C(=O)c2sc3cc(Cl)ccc3c2Cl)c(C)c(C#N)c1=O. The van der Waals surface area contributed by atoms with Crippen LogP contribution in [0, 0.1) is 18.3 Å². The minimum absolute atomic E-state index is 0.0460. The van der Waals surface area contributed by atoms with E-state index in [1.54, 1.807) is 24.3 Å². The molecule has 0 atom stereocenters. The Morgan fingerprint density at radius 3 is 2.78 bits per heavy atom. The molecule has 0 fully saturated rings. The summed E-state index contributed by atoms with van der Waals surface area (Å²) in [6, 6.07) is 6.87. The summed E-state index contributed by atoms with van der Waals surface area (Å²) >= 11 is 13.5. The molecule has 0 saturated heterocycles. The van der Waals surface area contributed by atoms with Crippen molar-refractivity contribution >= 4 is 50.4 Å². The van der Waals surface area contributed by atoms with Gasteiger partial charge in [-0.3, -0.25) is 14.2 Å². The molecule has 8 heteroatoms. The Morgan fingerprint density at radius 2 is 2.15 bits per heavy atom. The number of rotatable bonds is 4. The molecule has 27 heavy (non-hydrogen) atoms. The zero-order valence-corrected chi connectivity index (χ0v) is 16.4. The van der Waals surface area contributed by atoms with Gasteiger partial charge in [0.05, 0.1) is 15.5 Å². The van der Waals surface area contributed by atoms with Crippen LogP contribution in [-0.4, -0.2) is 15.5 Å². The first-order valence-electron chi connectivity index (χ1n) is 7.71. The maximum atomic E-state index is 13.2. The van der Waals surface area contributed by atoms with E-state index in [0.29, 0.717) is 15.1 Å². The number of hydrogen-bond donors (Lipinski definition) is 1. The van der Waals surface area contributed by atoms with E-state index in [9.17, 15) is 20.0 Å². The number of nitrogens with zero attached hydrogens (tertiary/aromatic N) is 2. The van der Waals surface area contributed by atoms with E-state index >= 15 is 0 Å². The molecule has 3 aromatic rings. The zero-order valence-electron chi connectivity index (χ0n) is 14.0. The van der Waals surface area contributed by atoms with Crippen molar-refractivity contribution in [1.82, 2.24) is 4.57 Å². The van der Waals surface area contributed by atoms with E-state index in [1.165, 1.54) is 13.0 Å². The molecule has 5 nitrogen and oxygen atoms in total. The Labute approximate surface area is 168 Å². The van der Waals surface area contributed by atoms with Gasteiger partial charge >= 0.3 is 0 Å². The molecule has 0 aliphatic carbocycles. The van der Waals surface area contributed by atoms with Gasteiger partial charge in [0.15, 0.2) is 0 Å². The minimum Gasteiger partial charge on any atom is -0.494 e. The number of fused-ring (bicyclic) bond motifs is 1. The monoisotopic (exact) mass is 418 g/mol. The van der Waals surface area contributed by atoms with Gasteiger partial charge in [-0.25, -0.2) is 0 Å². The van der Waals surface area contributed by atoms with Crippen LogP contribution in [0.1, 0.15) is 26.4 Å². The summed E-state index contributed by atoms with van der Waals surface area (Å²) in [5.41, 5.74) is -0.916. The standard InChI is InChI=1S/C19H12Cl2N2O3S/c1-3-6-23-18(25)12(8-22)9(2)14(19(23)26)16(24)17-15(21)11-5-4-10(20)7-13(11)27-17/h3-5,7,26H,1,6H2,2H3. The van der Waals surface area contributed by atoms with Crippen LogP contribution in [0.4, 0.5) is 0 Å². The Hall–Kier alpha value is -2.59. The second kappa shape index (κ2) is 7.20. The fourth-order valence-electron chi connectivity index (χ4n) is 2.82. The van der Waals surface area contributed by atoms with Crippen molar-refractivity contribution in [3.05, 3.63) is 72.8 Å². The first-order valence-corrected chi connectivity index (χ1v) is 9.28. The highest BCUT2D eigenvalue weighted by Gasteiger charge is 2.27. The smallest absolute Gasteiger partial charge is 0.271 e. The summed E-state index contributed by atoms with van der Waals surface area (Å²) in [6.07, 6.45) is 1.39. The second-order valence-corrected chi connectivity index (χ2v) is 7.60. The molecule has 1 N–H and O–H groups in total. The van der Waals surface area contributed by atoms with Gasteiger partial charge < -0.3 is 5.11 Å². The Morgan fingerprint density at radius 1 is 1.44 bits per heavy atom.